The molecule has 0 aliphatic carbocycles. The molecule has 43 heavy (non-hydrogen) atoms. The summed E-state index contributed by atoms with van der Waals surface area (Å²) in [4.78, 5) is 33.8. The van der Waals surface area contributed by atoms with Gasteiger partial charge in [0.1, 0.15) is 17.4 Å². The molecular formula is C29H25ClF5N5O3. The Morgan fingerprint density at radius 3 is 2.40 bits per heavy atom. The number of alkyl halides is 3. The fraction of sp³-hybridized carbons (Fsp3) is 0.241. The first kappa shape index (κ1) is 31.7. The van der Waals surface area contributed by atoms with E-state index in [9.17, 15) is 36.6 Å². The lowest BCUT2D eigenvalue weighted by molar-refractivity contribution is -0.137. The third kappa shape index (κ3) is 7.61. The molecule has 2 aromatic heterocycles. The third-order valence-corrected chi connectivity index (χ3v) is 6.81. The topological polar surface area (TPSA) is 109 Å². The number of Topliss-reactive ketones (excluding diaryl/α,β-unsaturated/α-hetero) is 1. The van der Waals surface area contributed by atoms with E-state index in [2.05, 4.69) is 20.6 Å². The van der Waals surface area contributed by atoms with E-state index in [0.717, 1.165) is 17.7 Å². The number of ketones is 1. The maximum atomic E-state index is 14.2. The normalized spacial score (nSPS) is 13.0. The summed E-state index contributed by atoms with van der Waals surface area (Å²) in [5, 5.41) is 16.4. The zero-order valence-electron chi connectivity index (χ0n) is 22.7. The average Bonchev–Trinajstić information content (AvgIpc) is 3.29. The lowest BCUT2D eigenvalue weighted by atomic mass is 9.96. The number of amides is 1. The van der Waals surface area contributed by atoms with Crippen molar-refractivity contribution in [3.8, 4) is 0 Å². The lowest BCUT2D eigenvalue weighted by Crippen LogP contribution is -2.26. The van der Waals surface area contributed by atoms with Crippen molar-refractivity contribution in [3.05, 3.63) is 111 Å². The highest BCUT2D eigenvalue weighted by atomic mass is 35.5. The van der Waals surface area contributed by atoms with Crippen molar-refractivity contribution in [1.29, 1.82) is 0 Å². The minimum atomic E-state index is -4.92. The van der Waals surface area contributed by atoms with E-state index in [0.29, 0.717) is 12.1 Å². The Morgan fingerprint density at radius 1 is 1.05 bits per heavy atom. The number of nitrogens with one attached hydrogen (secondary N) is 2. The molecule has 4 aromatic rings. The van der Waals surface area contributed by atoms with Gasteiger partial charge in [0.2, 0.25) is 0 Å². The third-order valence-electron chi connectivity index (χ3n) is 6.46. The molecule has 8 nitrogen and oxygen atoms in total. The van der Waals surface area contributed by atoms with Crippen molar-refractivity contribution >= 4 is 29.1 Å². The first-order valence-corrected chi connectivity index (χ1v) is 13.2. The Labute approximate surface area is 247 Å². The largest absolute Gasteiger partial charge is 0.416 e. The van der Waals surface area contributed by atoms with E-state index in [1.807, 2.05) is 0 Å². The van der Waals surface area contributed by atoms with Crippen LogP contribution in [0.3, 0.4) is 0 Å². The second kappa shape index (κ2) is 13.0. The molecule has 0 saturated carbocycles. The van der Waals surface area contributed by atoms with Gasteiger partial charge in [0.15, 0.2) is 17.9 Å². The van der Waals surface area contributed by atoms with Gasteiger partial charge in [-0.1, -0.05) is 18.5 Å². The first-order valence-electron chi connectivity index (χ1n) is 12.8. The number of imidazole rings is 1. The number of aromatic nitrogens is 3. The summed E-state index contributed by atoms with van der Waals surface area (Å²) >= 11 is 6.35. The predicted molar refractivity (Wildman–Crippen MR) is 147 cm³/mol. The number of pyridine rings is 1. The zero-order chi connectivity index (χ0) is 31.5. The second-order valence-electron chi connectivity index (χ2n) is 9.70. The van der Waals surface area contributed by atoms with Gasteiger partial charge in [-0.3, -0.25) is 19.9 Å². The van der Waals surface area contributed by atoms with Crippen LogP contribution >= 0.6 is 11.6 Å². The van der Waals surface area contributed by atoms with Gasteiger partial charge in [-0.05, 0) is 66.6 Å². The molecule has 1 unspecified atom stereocenters. The van der Waals surface area contributed by atoms with Gasteiger partial charge < -0.3 is 15.0 Å². The summed E-state index contributed by atoms with van der Waals surface area (Å²) in [6.07, 6.45) is -3.34. The molecule has 0 fully saturated rings. The highest BCUT2D eigenvalue weighted by molar-refractivity contribution is 6.31. The van der Waals surface area contributed by atoms with Crippen molar-refractivity contribution in [2.24, 2.45) is 0 Å². The smallest absolute Gasteiger partial charge is 0.371 e. The molecule has 3 N–H and O–H groups in total. The van der Waals surface area contributed by atoms with Crippen molar-refractivity contribution in [2.45, 2.75) is 45.3 Å². The molecular weight excluding hydrogens is 597 g/mol. The van der Waals surface area contributed by atoms with E-state index in [1.54, 1.807) is 31.5 Å². The summed E-state index contributed by atoms with van der Waals surface area (Å²) in [6.45, 7) is 2.64. The Bertz CT molecular complexity index is 1650. The summed E-state index contributed by atoms with van der Waals surface area (Å²) in [6, 6.07) is 8.32. The maximum absolute atomic E-state index is 14.2. The molecule has 0 spiro atoms. The van der Waals surface area contributed by atoms with Crippen LogP contribution in [-0.4, -0.2) is 31.3 Å². The molecule has 2 heterocycles. The van der Waals surface area contributed by atoms with Crippen molar-refractivity contribution in [2.75, 3.05) is 5.32 Å². The summed E-state index contributed by atoms with van der Waals surface area (Å²) < 4.78 is 69.5. The van der Waals surface area contributed by atoms with E-state index in [1.165, 1.54) is 17.6 Å². The molecule has 0 radical (unpaired) electrons. The number of nitrogens with zero attached hydrogens (tertiary/aromatic N) is 3. The average molecular weight is 622 g/mol. The van der Waals surface area contributed by atoms with E-state index < -0.39 is 47.0 Å². The van der Waals surface area contributed by atoms with Gasteiger partial charge in [0.05, 0.1) is 17.8 Å². The molecule has 14 heteroatoms. The number of halogens is 6. The van der Waals surface area contributed by atoms with Crippen LogP contribution in [0.15, 0.2) is 60.9 Å². The van der Waals surface area contributed by atoms with Crippen molar-refractivity contribution < 1.29 is 36.6 Å². The van der Waals surface area contributed by atoms with Gasteiger partial charge in [0.25, 0.3) is 5.91 Å². The molecule has 0 bridgehead atoms. The Kier molecular flexibility index (Phi) is 9.58. The molecule has 0 saturated heterocycles. The van der Waals surface area contributed by atoms with Gasteiger partial charge >= 0.3 is 6.18 Å². The SMILES string of the molecule is CC(=O)Cn1c(C(O)NCc2ccncc2)nc(NC(=O)c2cc(F)cc(C(F)(F)F)c2)c1[C@@H](C)c1cc(F)ccc1Cl. The van der Waals surface area contributed by atoms with Crippen LogP contribution in [0.1, 0.15) is 64.6 Å². The van der Waals surface area contributed by atoms with Gasteiger partial charge in [-0.2, -0.15) is 13.2 Å². The Hall–Kier alpha value is -4.20. The van der Waals surface area contributed by atoms with Crippen LogP contribution in [0.2, 0.25) is 5.02 Å². The quantitative estimate of drug-likeness (QED) is 0.148. The van der Waals surface area contributed by atoms with Crippen LogP contribution in [0, 0.1) is 11.6 Å². The van der Waals surface area contributed by atoms with Crippen molar-refractivity contribution in [3.63, 3.8) is 0 Å². The maximum Gasteiger partial charge on any atom is 0.416 e. The number of hydrogen-bond acceptors (Lipinski definition) is 6. The molecule has 226 valence electrons. The van der Waals surface area contributed by atoms with Crippen LogP contribution in [0.25, 0.3) is 0 Å². The number of benzene rings is 2. The molecule has 4 rings (SSSR count). The summed E-state index contributed by atoms with van der Waals surface area (Å²) in [7, 11) is 0. The number of carbonyl (C=O) groups excluding carboxylic acids is 2. The van der Waals surface area contributed by atoms with Crippen LogP contribution < -0.4 is 10.6 Å². The monoisotopic (exact) mass is 621 g/mol. The number of hydrogen-bond donors (Lipinski definition) is 3. The minimum absolute atomic E-state index is 0.0864. The first-order chi connectivity index (χ1) is 20.2. The summed E-state index contributed by atoms with van der Waals surface area (Å²) in [5.41, 5.74) is -0.968. The second-order valence-corrected chi connectivity index (χ2v) is 10.1. The summed E-state index contributed by atoms with van der Waals surface area (Å²) in [5.74, 6) is -4.73. The van der Waals surface area contributed by atoms with Crippen LogP contribution in [0.5, 0.6) is 0 Å². The zero-order valence-corrected chi connectivity index (χ0v) is 23.5. The van der Waals surface area contributed by atoms with Gasteiger partial charge in [-0.25, -0.2) is 13.8 Å². The minimum Gasteiger partial charge on any atom is -0.371 e. The molecule has 0 aliphatic rings. The van der Waals surface area contributed by atoms with Crippen LogP contribution in [0.4, 0.5) is 27.8 Å². The standard InChI is InChI=1S/C29H25ClF5N5O3/c1-15(41)14-40-24(16(2)22-12-20(31)3-4-23(22)30)25(38-26(40)28(43)37-13-17-5-7-36-8-6-17)39-27(42)18-9-19(29(33,34)35)11-21(32)10-18/h3-12,16,28,37,43H,13-14H2,1-2H3,(H,39,42)/t16-,28?/m0/s1. The number of rotatable bonds is 10. The lowest BCUT2D eigenvalue weighted by Gasteiger charge is -2.20. The molecule has 0 aliphatic heterocycles. The van der Waals surface area contributed by atoms with Crippen molar-refractivity contribution in [1.82, 2.24) is 19.9 Å². The molecule has 2 atom stereocenters. The fourth-order valence-electron chi connectivity index (χ4n) is 4.48. The Morgan fingerprint density at radius 2 is 1.74 bits per heavy atom. The van der Waals surface area contributed by atoms with E-state index >= 15 is 0 Å². The number of aliphatic hydroxyl groups is 1. The highest BCUT2D eigenvalue weighted by Gasteiger charge is 2.33. The number of carbonyl (C=O) groups is 2. The predicted octanol–water partition coefficient (Wildman–Crippen LogP) is 6.00. The fourth-order valence-corrected chi connectivity index (χ4v) is 4.76. The van der Waals surface area contributed by atoms with Gasteiger partial charge in [0, 0.05) is 35.4 Å². The van der Waals surface area contributed by atoms with Crippen LogP contribution in [-0.2, 0) is 24.1 Å². The number of anilines is 1. The van der Waals surface area contributed by atoms with Gasteiger partial charge in [-0.15, -0.1) is 0 Å². The molecule has 1 amide bonds. The van der Waals surface area contributed by atoms with E-state index in [4.69, 9.17) is 11.6 Å². The molecule has 2 aromatic carbocycles. The Balaban J connectivity index is 1.82. The van der Waals surface area contributed by atoms with E-state index in [-0.39, 0.29) is 52.9 Å². The highest BCUT2D eigenvalue weighted by Crippen LogP contribution is 2.37. The number of aliphatic hydroxyl groups excluding tert-OH is 1.